The third kappa shape index (κ3) is 4.68. The maximum Gasteiger partial charge on any atom is 0.255 e. The van der Waals surface area contributed by atoms with Crippen molar-refractivity contribution in [3.05, 3.63) is 22.6 Å². The molecule has 2 heterocycles. The highest BCUT2D eigenvalue weighted by Crippen LogP contribution is 2.37. The Bertz CT molecular complexity index is 781. The molecule has 0 saturated heterocycles. The molecule has 1 amide bonds. The predicted octanol–water partition coefficient (Wildman–Crippen LogP) is 4.25. The fourth-order valence-electron chi connectivity index (χ4n) is 2.03. The normalized spacial score (nSPS) is 13.3. The Morgan fingerprint density at radius 2 is 1.96 bits per heavy atom. The first-order chi connectivity index (χ1) is 11.3. The average Bonchev–Trinajstić information content (AvgIpc) is 2.87. The molecule has 0 aliphatic rings. The third-order valence-corrected chi connectivity index (χ3v) is 9.51. The van der Waals surface area contributed by atoms with Gasteiger partial charge in [0.05, 0.1) is 23.9 Å². The third-order valence-electron chi connectivity index (χ3n) is 4.65. The molecule has 0 aliphatic carbocycles. The minimum atomic E-state index is -1.87. The Labute approximate surface area is 158 Å². The molecule has 138 valence electrons. The Morgan fingerprint density at radius 1 is 1.32 bits per heavy atom. The van der Waals surface area contributed by atoms with Crippen LogP contribution in [0, 0.1) is 0 Å². The molecule has 0 fully saturated rings. The zero-order valence-electron chi connectivity index (χ0n) is 16.0. The van der Waals surface area contributed by atoms with Gasteiger partial charge in [0.2, 0.25) is 0 Å². The van der Waals surface area contributed by atoms with Crippen LogP contribution in [0.1, 0.15) is 45.0 Å². The zero-order valence-corrected chi connectivity index (χ0v) is 18.5. The highest BCUT2D eigenvalue weighted by atomic mass is 79.9. The number of hydrogen-bond acceptors (Lipinski definition) is 4. The van der Waals surface area contributed by atoms with E-state index in [4.69, 9.17) is 4.43 Å². The molecule has 2 aromatic rings. The number of carbonyl (C=O) groups excluding carboxylic acids is 1. The monoisotopic (exact) mass is 426 g/mol. The van der Waals surface area contributed by atoms with Gasteiger partial charge in [0.15, 0.2) is 14.0 Å². The van der Waals surface area contributed by atoms with Gasteiger partial charge in [0, 0.05) is 6.20 Å². The molecule has 0 unspecified atom stereocenters. The second-order valence-corrected chi connectivity index (χ2v) is 14.1. The Hall–Kier alpha value is -1.25. The molecular weight excluding hydrogens is 400 g/mol. The predicted molar refractivity (Wildman–Crippen MR) is 106 cm³/mol. The molecule has 8 heteroatoms. The first kappa shape index (κ1) is 20.1. The fourth-order valence-corrected chi connectivity index (χ4v) is 3.47. The van der Waals surface area contributed by atoms with E-state index < -0.39 is 13.9 Å². The van der Waals surface area contributed by atoms with Crippen molar-refractivity contribution < 1.29 is 9.22 Å². The summed E-state index contributed by atoms with van der Waals surface area (Å²) in [5, 5.41) is 3.18. The van der Waals surface area contributed by atoms with Gasteiger partial charge in [0.25, 0.3) is 5.91 Å². The Morgan fingerprint density at radius 3 is 2.56 bits per heavy atom. The van der Waals surface area contributed by atoms with Crippen molar-refractivity contribution in [1.82, 2.24) is 20.3 Å². The largest absolute Gasteiger partial charge is 0.414 e. The van der Waals surface area contributed by atoms with Crippen LogP contribution in [-0.2, 0) is 4.43 Å². The van der Waals surface area contributed by atoms with Crippen LogP contribution in [0.2, 0.25) is 18.1 Å². The minimum absolute atomic E-state index is 0.131. The number of aromatic amines is 1. The lowest BCUT2D eigenvalue weighted by molar-refractivity contribution is 0.0876. The van der Waals surface area contributed by atoms with E-state index in [2.05, 4.69) is 70.1 Å². The lowest BCUT2D eigenvalue weighted by Gasteiger charge is -2.39. The second kappa shape index (κ2) is 6.81. The topological polar surface area (TPSA) is 79.9 Å². The SMILES string of the molecule is CC(C)(CO[Si](C)(C)C(C)(C)C)NC(=O)c1c[nH]c2ncc(Br)nc12. The number of aromatic nitrogens is 3. The Kier molecular flexibility index (Phi) is 5.46. The summed E-state index contributed by atoms with van der Waals surface area (Å²) in [5.41, 5.74) is 1.12. The summed E-state index contributed by atoms with van der Waals surface area (Å²) >= 11 is 3.29. The molecular formula is C17H27BrN4O2Si. The lowest BCUT2D eigenvalue weighted by Crippen LogP contribution is -2.51. The molecule has 0 atom stereocenters. The summed E-state index contributed by atoms with van der Waals surface area (Å²) in [5.74, 6) is -0.192. The van der Waals surface area contributed by atoms with Gasteiger partial charge in [-0.1, -0.05) is 20.8 Å². The summed E-state index contributed by atoms with van der Waals surface area (Å²) in [6, 6.07) is 0. The number of fused-ring (bicyclic) bond motifs is 1. The van der Waals surface area contributed by atoms with Crippen molar-refractivity contribution in [3.8, 4) is 0 Å². The number of carbonyl (C=O) groups is 1. The van der Waals surface area contributed by atoms with Crippen LogP contribution in [0.15, 0.2) is 17.0 Å². The molecule has 2 aromatic heterocycles. The van der Waals surface area contributed by atoms with Gasteiger partial charge in [-0.15, -0.1) is 0 Å². The molecule has 0 spiro atoms. The van der Waals surface area contributed by atoms with Crippen molar-refractivity contribution in [1.29, 1.82) is 0 Å². The fraction of sp³-hybridized carbons (Fsp3) is 0.588. The smallest absolute Gasteiger partial charge is 0.255 e. The number of H-pyrrole nitrogens is 1. The minimum Gasteiger partial charge on any atom is -0.414 e. The summed E-state index contributed by atoms with van der Waals surface area (Å²) in [6.07, 6.45) is 3.23. The first-order valence-electron chi connectivity index (χ1n) is 8.28. The molecule has 0 aromatic carbocycles. The number of nitrogens with one attached hydrogen (secondary N) is 2. The van der Waals surface area contributed by atoms with Gasteiger partial charge in [-0.05, 0) is 47.9 Å². The lowest BCUT2D eigenvalue weighted by atomic mass is 10.1. The van der Waals surface area contributed by atoms with E-state index >= 15 is 0 Å². The van der Waals surface area contributed by atoms with E-state index in [1.54, 1.807) is 12.4 Å². The number of hydrogen-bond donors (Lipinski definition) is 2. The van der Waals surface area contributed by atoms with Gasteiger partial charge in [0.1, 0.15) is 10.1 Å². The van der Waals surface area contributed by atoms with E-state index in [1.807, 2.05) is 13.8 Å². The van der Waals surface area contributed by atoms with E-state index in [9.17, 15) is 4.79 Å². The molecule has 25 heavy (non-hydrogen) atoms. The number of rotatable bonds is 5. The number of nitrogens with zero attached hydrogens (tertiary/aromatic N) is 2. The molecule has 0 radical (unpaired) electrons. The van der Waals surface area contributed by atoms with Crippen molar-refractivity contribution in [2.75, 3.05) is 6.61 Å². The summed E-state index contributed by atoms with van der Waals surface area (Å²) in [4.78, 5) is 24.2. The Balaban J connectivity index is 2.11. The van der Waals surface area contributed by atoms with Crippen LogP contribution < -0.4 is 5.32 Å². The number of amides is 1. The molecule has 0 saturated carbocycles. The average molecular weight is 427 g/mol. The van der Waals surface area contributed by atoms with Gasteiger partial charge in [-0.25, -0.2) is 9.97 Å². The quantitative estimate of drug-likeness (QED) is 0.700. The van der Waals surface area contributed by atoms with Crippen molar-refractivity contribution in [3.63, 3.8) is 0 Å². The van der Waals surface area contributed by atoms with Crippen molar-refractivity contribution in [2.45, 2.75) is 58.3 Å². The maximum absolute atomic E-state index is 12.7. The van der Waals surface area contributed by atoms with Crippen LogP contribution >= 0.6 is 15.9 Å². The standard InChI is InChI=1S/C17H27BrN4O2Si/c1-16(2,3)25(6,7)24-10-17(4,5)22-15(23)11-8-19-14-13(11)21-12(18)9-20-14/h8-9H,10H2,1-7H3,(H,19,20)(H,22,23). The molecule has 2 rings (SSSR count). The van der Waals surface area contributed by atoms with Crippen LogP contribution in [0.3, 0.4) is 0 Å². The van der Waals surface area contributed by atoms with Crippen LogP contribution in [0.5, 0.6) is 0 Å². The summed E-state index contributed by atoms with van der Waals surface area (Å²) in [6.45, 7) is 15.4. The van der Waals surface area contributed by atoms with Gasteiger partial charge < -0.3 is 14.7 Å². The highest BCUT2D eigenvalue weighted by Gasteiger charge is 2.38. The first-order valence-corrected chi connectivity index (χ1v) is 12.0. The second-order valence-electron chi connectivity index (χ2n) is 8.48. The summed E-state index contributed by atoms with van der Waals surface area (Å²) in [7, 11) is -1.87. The van der Waals surface area contributed by atoms with Crippen LogP contribution in [-0.4, -0.2) is 41.3 Å². The van der Waals surface area contributed by atoms with E-state index in [1.165, 1.54) is 0 Å². The molecule has 2 N–H and O–H groups in total. The van der Waals surface area contributed by atoms with E-state index in [0.29, 0.717) is 27.9 Å². The van der Waals surface area contributed by atoms with Crippen molar-refractivity contribution >= 4 is 41.3 Å². The summed E-state index contributed by atoms with van der Waals surface area (Å²) < 4.78 is 6.86. The molecule has 6 nitrogen and oxygen atoms in total. The van der Waals surface area contributed by atoms with E-state index in [-0.39, 0.29) is 10.9 Å². The number of halogens is 1. The van der Waals surface area contributed by atoms with Crippen LogP contribution in [0.25, 0.3) is 11.2 Å². The zero-order chi connectivity index (χ0) is 19.0. The molecule has 0 aliphatic heterocycles. The van der Waals surface area contributed by atoms with Gasteiger partial charge in [-0.3, -0.25) is 4.79 Å². The molecule has 0 bridgehead atoms. The van der Waals surface area contributed by atoms with Gasteiger partial charge in [-0.2, -0.15) is 0 Å². The van der Waals surface area contributed by atoms with Crippen molar-refractivity contribution in [2.24, 2.45) is 0 Å². The van der Waals surface area contributed by atoms with Gasteiger partial charge >= 0.3 is 0 Å². The van der Waals surface area contributed by atoms with E-state index in [0.717, 1.165) is 0 Å². The van der Waals surface area contributed by atoms with Crippen LogP contribution in [0.4, 0.5) is 0 Å². The highest BCUT2D eigenvalue weighted by molar-refractivity contribution is 9.10. The maximum atomic E-state index is 12.7.